The van der Waals surface area contributed by atoms with Crippen molar-refractivity contribution in [1.82, 2.24) is 4.98 Å². The Balaban J connectivity index is 0.00000192. The van der Waals surface area contributed by atoms with E-state index in [2.05, 4.69) is 4.98 Å². The minimum absolute atomic E-state index is 0. The first kappa shape index (κ1) is 17.7. The van der Waals surface area contributed by atoms with Crippen LogP contribution in [0.1, 0.15) is 17.3 Å². The summed E-state index contributed by atoms with van der Waals surface area (Å²) in [5.74, 6) is 0. The third-order valence-corrected chi connectivity index (χ3v) is 5.14. The van der Waals surface area contributed by atoms with Crippen molar-refractivity contribution in [3.8, 4) is 9.88 Å². The number of nitro benzene ring substituents is 1. The van der Waals surface area contributed by atoms with Gasteiger partial charge in [0.25, 0.3) is 5.69 Å². The van der Waals surface area contributed by atoms with Crippen molar-refractivity contribution in [2.75, 3.05) is 0 Å². The van der Waals surface area contributed by atoms with Gasteiger partial charge in [-0.3, -0.25) is 10.1 Å². The van der Waals surface area contributed by atoms with E-state index in [1.54, 1.807) is 34.8 Å². The van der Waals surface area contributed by atoms with Crippen molar-refractivity contribution in [2.45, 2.75) is 12.5 Å². The van der Waals surface area contributed by atoms with E-state index in [4.69, 9.17) is 5.73 Å². The maximum Gasteiger partial charge on any atom is 0.269 e. The van der Waals surface area contributed by atoms with Gasteiger partial charge < -0.3 is 5.73 Å². The average Bonchev–Trinajstić information content (AvgIpc) is 3.19. The van der Waals surface area contributed by atoms with Gasteiger partial charge in [0.15, 0.2) is 0 Å². The molecular weight excluding hydrogens is 398 g/mol. The van der Waals surface area contributed by atoms with Crippen LogP contribution in [0.5, 0.6) is 0 Å². The molecule has 0 saturated heterocycles. The second-order valence-corrected chi connectivity index (χ2v) is 6.59. The predicted molar refractivity (Wildman–Crippen MR) is 99.5 cm³/mol. The summed E-state index contributed by atoms with van der Waals surface area (Å²) in [6.45, 7) is 0. The fraction of sp³-hybridized carbons (Fsp3) is 0.133. The van der Waals surface area contributed by atoms with Gasteiger partial charge in [0.2, 0.25) is 0 Å². The zero-order chi connectivity index (χ0) is 15.5. The third-order valence-electron chi connectivity index (χ3n) is 3.24. The highest BCUT2D eigenvalue weighted by molar-refractivity contribution is 8.93. The fourth-order valence-electron chi connectivity index (χ4n) is 2.08. The van der Waals surface area contributed by atoms with E-state index in [0.29, 0.717) is 6.42 Å². The molecule has 0 spiro atoms. The summed E-state index contributed by atoms with van der Waals surface area (Å²) in [4.78, 5) is 16.0. The largest absolute Gasteiger partial charge is 0.322 e. The lowest BCUT2D eigenvalue weighted by Crippen LogP contribution is -2.13. The Morgan fingerprint density at radius 2 is 1.96 bits per heavy atom. The molecule has 0 aliphatic heterocycles. The van der Waals surface area contributed by atoms with Crippen LogP contribution in [-0.4, -0.2) is 9.91 Å². The Kier molecular flexibility index (Phi) is 6.00. The van der Waals surface area contributed by atoms with Crippen molar-refractivity contribution >= 4 is 45.3 Å². The van der Waals surface area contributed by atoms with Gasteiger partial charge in [-0.15, -0.1) is 39.7 Å². The number of thiophene rings is 1. The number of halogens is 1. The topological polar surface area (TPSA) is 82.0 Å². The van der Waals surface area contributed by atoms with Gasteiger partial charge in [-0.25, -0.2) is 4.98 Å². The Bertz CT molecular complexity index is 772. The number of non-ortho nitro benzene ring substituents is 1. The number of nitrogens with two attached hydrogens (primary N) is 1. The van der Waals surface area contributed by atoms with Crippen LogP contribution in [0.15, 0.2) is 47.2 Å². The SMILES string of the molecule is Br.N[C@@H](Cc1ccc([N+](=O)[O-])cc1)c1csc(-c2cccs2)n1. The fourth-order valence-corrected chi connectivity index (χ4v) is 3.78. The summed E-state index contributed by atoms with van der Waals surface area (Å²) in [6, 6.07) is 10.3. The molecule has 1 atom stereocenters. The lowest BCUT2D eigenvalue weighted by atomic mass is 10.0. The van der Waals surface area contributed by atoms with Crippen molar-refractivity contribution < 1.29 is 4.92 Å². The molecule has 0 amide bonds. The molecule has 2 aromatic heterocycles. The molecule has 0 fully saturated rings. The molecule has 2 heterocycles. The second-order valence-electron chi connectivity index (χ2n) is 4.79. The number of thiazole rings is 1. The van der Waals surface area contributed by atoms with Crippen molar-refractivity contribution in [3.63, 3.8) is 0 Å². The summed E-state index contributed by atoms with van der Waals surface area (Å²) in [7, 11) is 0. The first-order chi connectivity index (χ1) is 10.6. The zero-order valence-electron chi connectivity index (χ0n) is 11.9. The summed E-state index contributed by atoms with van der Waals surface area (Å²) < 4.78 is 0. The predicted octanol–water partition coefficient (Wildman–Crippen LogP) is 4.60. The Labute approximate surface area is 151 Å². The van der Waals surface area contributed by atoms with Crippen LogP contribution in [-0.2, 0) is 6.42 Å². The van der Waals surface area contributed by atoms with Gasteiger partial charge >= 0.3 is 0 Å². The summed E-state index contributed by atoms with van der Waals surface area (Å²) in [6.07, 6.45) is 0.603. The Morgan fingerprint density at radius 3 is 2.57 bits per heavy atom. The monoisotopic (exact) mass is 411 g/mol. The number of rotatable bonds is 5. The third kappa shape index (κ3) is 4.23. The highest BCUT2D eigenvalue weighted by Crippen LogP contribution is 2.30. The van der Waals surface area contributed by atoms with Crippen LogP contribution in [0, 0.1) is 10.1 Å². The average molecular weight is 412 g/mol. The molecule has 0 saturated carbocycles. The van der Waals surface area contributed by atoms with Crippen LogP contribution in [0.4, 0.5) is 5.69 Å². The highest BCUT2D eigenvalue weighted by Gasteiger charge is 2.13. The molecule has 0 bridgehead atoms. The van der Waals surface area contributed by atoms with E-state index in [1.807, 2.05) is 22.9 Å². The minimum atomic E-state index is -0.405. The molecule has 0 aliphatic carbocycles. The molecule has 23 heavy (non-hydrogen) atoms. The molecule has 2 N–H and O–H groups in total. The van der Waals surface area contributed by atoms with Gasteiger partial charge in [0.05, 0.1) is 21.5 Å². The Hall–Kier alpha value is -1.61. The maximum atomic E-state index is 10.6. The molecule has 0 unspecified atom stereocenters. The van der Waals surface area contributed by atoms with Gasteiger partial charge in [0.1, 0.15) is 5.01 Å². The van der Waals surface area contributed by atoms with Gasteiger partial charge in [-0.05, 0) is 23.4 Å². The quantitative estimate of drug-likeness (QED) is 0.491. The second kappa shape index (κ2) is 7.78. The van der Waals surface area contributed by atoms with E-state index < -0.39 is 4.92 Å². The van der Waals surface area contributed by atoms with Crippen molar-refractivity contribution in [2.24, 2.45) is 5.73 Å². The van der Waals surface area contributed by atoms with Gasteiger partial charge in [0, 0.05) is 17.5 Å². The van der Waals surface area contributed by atoms with Crippen LogP contribution >= 0.6 is 39.7 Å². The van der Waals surface area contributed by atoms with Crippen LogP contribution in [0.2, 0.25) is 0 Å². The van der Waals surface area contributed by atoms with Crippen LogP contribution in [0.25, 0.3) is 9.88 Å². The van der Waals surface area contributed by atoms with E-state index in [0.717, 1.165) is 21.1 Å². The molecule has 3 rings (SSSR count). The van der Waals surface area contributed by atoms with Crippen LogP contribution < -0.4 is 5.73 Å². The van der Waals surface area contributed by atoms with Crippen molar-refractivity contribution in [1.29, 1.82) is 0 Å². The molecular formula is C15H14BrN3O2S2. The molecule has 3 aromatic rings. The van der Waals surface area contributed by atoms with Crippen LogP contribution in [0.3, 0.4) is 0 Å². The van der Waals surface area contributed by atoms with E-state index >= 15 is 0 Å². The molecule has 120 valence electrons. The van der Waals surface area contributed by atoms with Gasteiger partial charge in [-0.2, -0.15) is 0 Å². The van der Waals surface area contributed by atoms with E-state index in [9.17, 15) is 10.1 Å². The van der Waals surface area contributed by atoms with Gasteiger partial charge in [-0.1, -0.05) is 18.2 Å². The first-order valence-corrected chi connectivity index (χ1v) is 8.37. The molecule has 0 aliphatic rings. The number of aromatic nitrogens is 1. The summed E-state index contributed by atoms with van der Waals surface area (Å²) >= 11 is 3.24. The number of hydrogen-bond donors (Lipinski definition) is 1. The van der Waals surface area contributed by atoms with Crippen molar-refractivity contribution in [3.05, 3.63) is 68.5 Å². The number of nitrogens with zero attached hydrogens (tertiary/aromatic N) is 2. The number of benzene rings is 1. The number of nitro groups is 1. The smallest absolute Gasteiger partial charge is 0.269 e. The highest BCUT2D eigenvalue weighted by atomic mass is 79.9. The van der Waals surface area contributed by atoms with E-state index in [-0.39, 0.29) is 28.7 Å². The maximum absolute atomic E-state index is 10.6. The molecule has 0 radical (unpaired) electrons. The molecule has 1 aromatic carbocycles. The lowest BCUT2D eigenvalue weighted by Gasteiger charge is -2.08. The standard InChI is InChI=1S/C15H13N3O2S2.BrH/c16-12(8-10-3-5-11(6-4-10)18(19)20)13-9-22-15(17-13)14-2-1-7-21-14;/h1-7,9,12H,8,16H2;1H/t12-;/m0./s1. The normalized spacial score (nSPS) is 11.7. The Morgan fingerprint density at radius 1 is 1.22 bits per heavy atom. The zero-order valence-corrected chi connectivity index (χ0v) is 15.3. The minimum Gasteiger partial charge on any atom is -0.322 e. The molecule has 5 nitrogen and oxygen atoms in total. The summed E-state index contributed by atoms with van der Waals surface area (Å²) in [5, 5.41) is 15.6. The summed E-state index contributed by atoms with van der Waals surface area (Å²) in [5.41, 5.74) is 8.11. The van der Waals surface area contributed by atoms with E-state index in [1.165, 1.54) is 12.1 Å². The molecule has 8 heteroatoms. The first-order valence-electron chi connectivity index (χ1n) is 6.61. The number of hydrogen-bond acceptors (Lipinski definition) is 6. The lowest BCUT2D eigenvalue weighted by molar-refractivity contribution is -0.384.